The average molecular weight is 292 g/mol. The minimum absolute atomic E-state index is 0.123. The van der Waals surface area contributed by atoms with E-state index in [0.29, 0.717) is 24.9 Å². The van der Waals surface area contributed by atoms with Crippen molar-refractivity contribution in [3.05, 3.63) is 39.9 Å². The van der Waals surface area contributed by atoms with Crippen molar-refractivity contribution in [1.29, 1.82) is 0 Å². The number of hydrogen-bond acceptors (Lipinski definition) is 4. The van der Waals surface area contributed by atoms with E-state index < -0.39 is 22.3 Å². The molecular weight excluding hydrogens is 276 g/mol. The lowest BCUT2D eigenvalue weighted by Gasteiger charge is -2.31. The zero-order valence-electron chi connectivity index (χ0n) is 11.6. The van der Waals surface area contributed by atoms with Gasteiger partial charge in [0.25, 0.3) is 5.69 Å². The van der Waals surface area contributed by atoms with Gasteiger partial charge < -0.3 is 10.0 Å². The highest BCUT2D eigenvalue weighted by atomic mass is 16.6. The molecule has 1 unspecified atom stereocenters. The van der Waals surface area contributed by atoms with Crippen LogP contribution in [0.4, 0.5) is 5.69 Å². The second-order valence-corrected chi connectivity index (χ2v) is 5.29. The minimum atomic E-state index is -1.22. The van der Waals surface area contributed by atoms with Gasteiger partial charge in [-0.3, -0.25) is 14.9 Å². The Balaban J connectivity index is 2.23. The molecule has 0 aromatic heterocycles. The van der Waals surface area contributed by atoms with E-state index in [9.17, 15) is 24.8 Å². The molecule has 1 aromatic carbocycles. The maximum Gasteiger partial charge on any atom is 0.329 e. The quantitative estimate of drug-likeness (QED) is 0.671. The summed E-state index contributed by atoms with van der Waals surface area (Å²) in [5.41, 5.74) is -1.05. The van der Waals surface area contributed by atoms with Gasteiger partial charge in [0.05, 0.1) is 11.3 Å². The van der Waals surface area contributed by atoms with Crippen LogP contribution in [0.25, 0.3) is 0 Å². The Hall–Kier alpha value is -2.44. The number of carboxylic acid groups (broad SMARTS) is 1. The fraction of sp³-hybridized carbons (Fsp3) is 0.429. The molecule has 1 saturated heterocycles. The summed E-state index contributed by atoms with van der Waals surface area (Å²) in [6.45, 7) is 1.88. The molecule has 2 rings (SSSR count). The van der Waals surface area contributed by atoms with Crippen LogP contribution in [0.2, 0.25) is 0 Å². The number of amides is 1. The Bertz CT molecular complexity index is 601. The van der Waals surface area contributed by atoms with E-state index in [1.165, 1.54) is 30.0 Å². The van der Waals surface area contributed by atoms with Gasteiger partial charge in [0, 0.05) is 18.2 Å². The zero-order chi connectivity index (χ0) is 15.6. The molecule has 0 aliphatic carbocycles. The molecule has 1 aliphatic rings. The monoisotopic (exact) mass is 292 g/mol. The first kappa shape index (κ1) is 15.0. The number of aliphatic carboxylic acids is 1. The van der Waals surface area contributed by atoms with Gasteiger partial charge in [-0.15, -0.1) is 0 Å². The highest BCUT2D eigenvalue weighted by Gasteiger charge is 2.45. The number of carboxylic acids is 1. The highest BCUT2D eigenvalue weighted by Crippen LogP contribution is 2.30. The Labute approximate surface area is 121 Å². The molecule has 0 spiro atoms. The molecule has 1 aromatic rings. The van der Waals surface area contributed by atoms with Crippen LogP contribution in [0.3, 0.4) is 0 Å². The lowest BCUT2D eigenvalue weighted by atomic mass is 9.98. The lowest BCUT2D eigenvalue weighted by Crippen LogP contribution is -2.51. The van der Waals surface area contributed by atoms with Crippen molar-refractivity contribution in [2.24, 2.45) is 0 Å². The predicted octanol–water partition coefficient (Wildman–Crippen LogP) is 1.60. The summed E-state index contributed by atoms with van der Waals surface area (Å²) in [5.74, 6) is -1.44. The Morgan fingerprint density at radius 1 is 1.43 bits per heavy atom. The number of hydrogen-bond donors (Lipinski definition) is 1. The van der Waals surface area contributed by atoms with Gasteiger partial charge >= 0.3 is 5.97 Å². The zero-order valence-corrected chi connectivity index (χ0v) is 11.6. The SMILES string of the molecule is CC1(C(=O)O)CCCN1C(=O)Cc1ccccc1[N+](=O)[O-]. The molecular formula is C14H16N2O5. The van der Waals surface area contributed by atoms with Crippen molar-refractivity contribution < 1.29 is 19.6 Å². The summed E-state index contributed by atoms with van der Waals surface area (Å²) in [6.07, 6.45) is 0.844. The maximum atomic E-state index is 12.3. The van der Waals surface area contributed by atoms with Crippen molar-refractivity contribution in [3.63, 3.8) is 0 Å². The second-order valence-electron chi connectivity index (χ2n) is 5.29. The molecule has 1 atom stereocenters. The summed E-state index contributed by atoms with van der Waals surface area (Å²) in [4.78, 5) is 35.4. The molecule has 1 fully saturated rings. The molecule has 0 radical (unpaired) electrons. The van der Waals surface area contributed by atoms with Crippen LogP contribution in [-0.4, -0.2) is 38.9 Å². The number of rotatable bonds is 4. The van der Waals surface area contributed by atoms with Crippen molar-refractivity contribution in [2.45, 2.75) is 31.7 Å². The van der Waals surface area contributed by atoms with E-state index in [2.05, 4.69) is 0 Å². The van der Waals surface area contributed by atoms with Crippen LogP contribution in [0.5, 0.6) is 0 Å². The first-order valence-electron chi connectivity index (χ1n) is 6.62. The number of carbonyl (C=O) groups is 2. The normalized spacial score (nSPS) is 21.3. The van der Waals surface area contributed by atoms with Gasteiger partial charge in [0.2, 0.25) is 5.91 Å². The number of carbonyl (C=O) groups excluding carboxylic acids is 1. The van der Waals surface area contributed by atoms with Crippen molar-refractivity contribution in [2.75, 3.05) is 6.54 Å². The van der Waals surface area contributed by atoms with Crippen LogP contribution in [0.1, 0.15) is 25.3 Å². The molecule has 7 heteroatoms. The predicted molar refractivity (Wildman–Crippen MR) is 73.8 cm³/mol. The molecule has 1 amide bonds. The van der Waals surface area contributed by atoms with Crippen LogP contribution in [0.15, 0.2) is 24.3 Å². The third-order valence-corrected chi connectivity index (χ3v) is 3.93. The van der Waals surface area contributed by atoms with Gasteiger partial charge in [-0.25, -0.2) is 4.79 Å². The number of likely N-dealkylation sites (tertiary alicyclic amines) is 1. The molecule has 7 nitrogen and oxygen atoms in total. The Kier molecular flexibility index (Phi) is 3.93. The lowest BCUT2D eigenvalue weighted by molar-refractivity contribution is -0.385. The van der Waals surface area contributed by atoms with E-state index in [4.69, 9.17) is 0 Å². The smallest absolute Gasteiger partial charge is 0.329 e. The van der Waals surface area contributed by atoms with E-state index in [1.807, 2.05) is 0 Å². The van der Waals surface area contributed by atoms with Crippen molar-refractivity contribution >= 4 is 17.6 Å². The first-order chi connectivity index (χ1) is 9.86. The fourth-order valence-electron chi connectivity index (χ4n) is 2.68. The van der Waals surface area contributed by atoms with E-state index in [1.54, 1.807) is 6.07 Å². The van der Waals surface area contributed by atoms with Gasteiger partial charge in [-0.2, -0.15) is 0 Å². The average Bonchev–Trinajstić information content (AvgIpc) is 2.82. The first-order valence-corrected chi connectivity index (χ1v) is 6.62. The maximum absolute atomic E-state index is 12.3. The standard InChI is InChI=1S/C14H16N2O5/c1-14(13(18)19)7-4-8-15(14)12(17)9-10-5-2-3-6-11(10)16(20)21/h2-3,5-6H,4,7-9H2,1H3,(H,18,19). The Morgan fingerprint density at radius 3 is 2.71 bits per heavy atom. The molecule has 112 valence electrons. The summed E-state index contributed by atoms with van der Waals surface area (Å²) in [5, 5.41) is 20.2. The summed E-state index contributed by atoms with van der Waals surface area (Å²) >= 11 is 0. The number of para-hydroxylation sites is 1. The number of nitro benzene ring substituents is 1. The van der Waals surface area contributed by atoms with Gasteiger partial charge in [-0.1, -0.05) is 18.2 Å². The second kappa shape index (κ2) is 5.51. The summed E-state index contributed by atoms with van der Waals surface area (Å²) in [6, 6.07) is 6.01. The summed E-state index contributed by atoms with van der Waals surface area (Å²) < 4.78 is 0. The molecule has 1 N–H and O–H groups in total. The van der Waals surface area contributed by atoms with E-state index in [-0.39, 0.29) is 12.1 Å². The van der Waals surface area contributed by atoms with Crippen LogP contribution < -0.4 is 0 Å². The van der Waals surface area contributed by atoms with Crippen LogP contribution in [-0.2, 0) is 16.0 Å². The third-order valence-electron chi connectivity index (χ3n) is 3.93. The van der Waals surface area contributed by atoms with E-state index >= 15 is 0 Å². The minimum Gasteiger partial charge on any atom is -0.480 e. The molecule has 21 heavy (non-hydrogen) atoms. The highest BCUT2D eigenvalue weighted by molar-refractivity contribution is 5.88. The van der Waals surface area contributed by atoms with Gasteiger partial charge in [0.15, 0.2) is 0 Å². The van der Waals surface area contributed by atoms with Crippen molar-refractivity contribution in [1.82, 2.24) is 4.90 Å². The number of benzene rings is 1. The largest absolute Gasteiger partial charge is 0.480 e. The molecule has 0 saturated carbocycles. The fourth-order valence-corrected chi connectivity index (χ4v) is 2.68. The van der Waals surface area contributed by atoms with Crippen LogP contribution in [0, 0.1) is 10.1 Å². The summed E-state index contributed by atoms with van der Waals surface area (Å²) in [7, 11) is 0. The van der Waals surface area contributed by atoms with Gasteiger partial charge in [0.1, 0.15) is 5.54 Å². The van der Waals surface area contributed by atoms with Crippen LogP contribution >= 0.6 is 0 Å². The van der Waals surface area contributed by atoms with E-state index in [0.717, 1.165) is 0 Å². The van der Waals surface area contributed by atoms with Gasteiger partial charge in [-0.05, 0) is 19.8 Å². The number of nitro groups is 1. The van der Waals surface area contributed by atoms with Crippen molar-refractivity contribution in [3.8, 4) is 0 Å². The molecule has 1 heterocycles. The third kappa shape index (κ3) is 2.72. The molecule has 1 aliphatic heterocycles. The number of nitrogens with zero attached hydrogens (tertiary/aromatic N) is 2. The Morgan fingerprint density at radius 2 is 2.10 bits per heavy atom. The molecule has 0 bridgehead atoms. The topological polar surface area (TPSA) is 101 Å².